The summed E-state index contributed by atoms with van der Waals surface area (Å²) in [6.45, 7) is 8.63. The van der Waals surface area contributed by atoms with Gasteiger partial charge in [-0.15, -0.1) is 0 Å². The molecule has 1 heterocycles. The van der Waals surface area contributed by atoms with E-state index in [2.05, 4.69) is 13.8 Å². The highest BCUT2D eigenvalue weighted by atomic mass is 16.2. The molecule has 0 unspecified atom stereocenters. The van der Waals surface area contributed by atoms with Crippen LogP contribution in [-0.4, -0.2) is 53.8 Å². The molecule has 1 fully saturated rings. The predicted molar refractivity (Wildman–Crippen MR) is 75.5 cm³/mol. The van der Waals surface area contributed by atoms with Crippen molar-refractivity contribution in [2.24, 2.45) is 11.7 Å². The van der Waals surface area contributed by atoms with Crippen LogP contribution in [0.1, 0.15) is 40.0 Å². The van der Waals surface area contributed by atoms with Gasteiger partial charge in [0.05, 0.1) is 6.04 Å². The van der Waals surface area contributed by atoms with E-state index in [1.165, 1.54) is 0 Å². The van der Waals surface area contributed by atoms with Crippen molar-refractivity contribution in [1.82, 2.24) is 9.80 Å². The number of carbonyl (C=O) groups is 2. The fourth-order valence-corrected chi connectivity index (χ4v) is 2.39. The van der Waals surface area contributed by atoms with Gasteiger partial charge in [0.25, 0.3) is 0 Å². The summed E-state index contributed by atoms with van der Waals surface area (Å²) in [5, 5.41) is 0. The van der Waals surface area contributed by atoms with Crippen LogP contribution in [0.3, 0.4) is 0 Å². The van der Waals surface area contributed by atoms with Gasteiger partial charge in [0, 0.05) is 32.6 Å². The summed E-state index contributed by atoms with van der Waals surface area (Å²) in [5.41, 5.74) is 5.92. The van der Waals surface area contributed by atoms with E-state index in [1.54, 1.807) is 4.90 Å². The maximum Gasteiger partial charge on any atom is 0.239 e. The molecule has 110 valence electrons. The fraction of sp³-hybridized carbons (Fsp3) is 0.857. The molecule has 2 amide bonds. The first-order chi connectivity index (χ1) is 8.95. The van der Waals surface area contributed by atoms with E-state index in [0.29, 0.717) is 44.9 Å². The first kappa shape index (κ1) is 16.0. The third-order valence-electron chi connectivity index (χ3n) is 3.45. The van der Waals surface area contributed by atoms with Crippen LogP contribution in [0.15, 0.2) is 0 Å². The molecular formula is C14H27N3O2. The van der Waals surface area contributed by atoms with E-state index >= 15 is 0 Å². The topological polar surface area (TPSA) is 66.6 Å². The van der Waals surface area contributed by atoms with E-state index in [9.17, 15) is 9.59 Å². The third-order valence-corrected chi connectivity index (χ3v) is 3.45. The normalized spacial score (nSPS) is 17.7. The van der Waals surface area contributed by atoms with E-state index in [0.717, 1.165) is 6.42 Å². The Balaban J connectivity index is 2.40. The Bertz CT molecular complexity index is 310. The molecule has 5 heteroatoms. The van der Waals surface area contributed by atoms with Crippen LogP contribution in [0, 0.1) is 5.92 Å². The zero-order valence-corrected chi connectivity index (χ0v) is 12.4. The highest BCUT2D eigenvalue weighted by Gasteiger charge is 2.26. The molecule has 0 bridgehead atoms. The first-order valence-electron chi connectivity index (χ1n) is 7.27. The van der Waals surface area contributed by atoms with Crippen molar-refractivity contribution in [2.45, 2.75) is 46.1 Å². The van der Waals surface area contributed by atoms with Crippen LogP contribution >= 0.6 is 0 Å². The molecule has 1 aliphatic rings. The van der Waals surface area contributed by atoms with Gasteiger partial charge in [-0.1, -0.05) is 20.8 Å². The lowest BCUT2D eigenvalue weighted by Crippen LogP contribution is -2.54. The number of carbonyl (C=O) groups excluding carboxylic acids is 2. The molecule has 0 saturated carbocycles. The lowest BCUT2D eigenvalue weighted by molar-refractivity contribution is -0.140. The lowest BCUT2D eigenvalue weighted by Gasteiger charge is -2.36. The van der Waals surface area contributed by atoms with Gasteiger partial charge in [-0.3, -0.25) is 9.59 Å². The summed E-state index contributed by atoms with van der Waals surface area (Å²) >= 11 is 0. The monoisotopic (exact) mass is 269 g/mol. The van der Waals surface area contributed by atoms with Crippen LogP contribution in [0.2, 0.25) is 0 Å². The molecular weight excluding hydrogens is 242 g/mol. The van der Waals surface area contributed by atoms with Crippen LogP contribution in [0.4, 0.5) is 0 Å². The standard InChI is InChI=1S/C14H27N3O2/c1-4-5-13(18)16-6-8-17(9-7-16)14(19)12(15)10-11(2)3/h11-12H,4-10,15H2,1-3H3/t12-/m0/s1. The van der Waals surface area contributed by atoms with Gasteiger partial charge in [0.15, 0.2) is 0 Å². The Morgan fingerprint density at radius 1 is 1.11 bits per heavy atom. The molecule has 0 spiro atoms. The summed E-state index contributed by atoms with van der Waals surface area (Å²) in [7, 11) is 0. The number of hydrogen-bond donors (Lipinski definition) is 1. The number of rotatable bonds is 5. The molecule has 0 radical (unpaired) electrons. The Kier molecular flexibility index (Phi) is 6.28. The van der Waals surface area contributed by atoms with Crippen molar-refractivity contribution < 1.29 is 9.59 Å². The van der Waals surface area contributed by atoms with Crippen LogP contribution in [0.25, 0.3) is 0 Å². The highest BCUT2D eigenvalue weighted by Crippen LogP contribution is 2.10. The predicted octanol–water partition coefficient (Wildman–Crippen LogP) is 0.831. The van der Waals surface area contributed by atoms with Gasteiger partial charge in [-0.25, -0.2) is 0 Å². The van der Waals surface area contributed by atoms with Gasteiger partial charge < -0.3 is 15.5 Å². The molecule has 1 atom stereocenters. The highest BCUT2D eigenvalue weighted by molar-refractivity contribution is 5.82. The second kappa shape index (κ2) is 7.48. The summed E-state index contributed by atoms with van der Waals surface area (Å²) in [4.78, 5) is 27.5. The van der Waals surface area contributed by atoms with Crippen LogP contribution in [0.5, 0.6) is 0 Å². The quantitative estimate of drug-likeness (QED) is 0.804. The van der Waals surface area contributed by atoms with Crippen molar-refractivity contribution in [2.75, 3.05) is 26.2 Å². The van der Waals surface area contributed by atoms with E-state index in [4.69, 9.17) is 5.73 Å². The first-order valence-corrected chi connectivity index (χ1v) is 7.27. The smallest absolute Gasteiger partial charge is 0.239 e. The minimum absolute atomic E-state index is 0.0243. The second-order valence-corrected chi connectivity index (χ2v) is 5.69. The number of piperazine rings is 1. The SMILES string of the molecule is CCCC(=O)N1CCN(C(=O)[C@@H](N)CC(C)C)CC1. The Hall–Kier alpha value is -1.10. The number of nitrogens with two attached hydrogens (primary N) is 1. The van der Waals surface area contributed by atoms with Crippen LogP contribution in [-0.2, 0) is 9.59 Å². The Morgan fingerprint density at radius 2 is 1.63 bits per heavy atom. The maximum absolute atomic E-state index is 12.1. The van der Waals surface area contributed by atoms with Crippen LogP contribution < -0.4 is 5.73 Å². The Labute approximate surface area is 116 Å². The molecule has 1 aliphatic heterocycles. The zero-order chi connectivity index (χ0) is 14.4. The lowest BCUT2D eigenvalue weighted by atomic mass is 10.0. The average molecular weight is 269 g/mol. The van der Waals surface area contributed by atoms with Gasteiger partial charge in [0.2, 0.25) is 11.8 Å². The minimum Gasteiger partial charge on any atom is -0.339 e. The van der Waals surface area contributed by atoms with E-state index in [1.807, 2.05) is 11.8 Å². The fourth-order valence-electron chi connectivity index (χ4n) is 2.39. The minimum atomic E-state index is -0.405. The molecule has 2 N–H and O–H groups in total. The Morgan fingerprint density at radius 3 is 2.11 bits per heavy atom. The van der Waals surface area contributed by atoms with Crippen molar-refractivity contribution >= 4 is 11.8 Å². The van der Waals surface area contributed by atoms with Crippen molar-refractivity contribution in [1.29, 1.82) is 0 Å². The molecule has 19 heavy (non-hydrogen) atoms. The third kappa shape index (κ3) is 4.82. The molecule has 0 aromatic rings. The van der Waals surface area contributed by atoms with Crippen molar-refractivity contribution in [3.8, 4) is 0 Å². The molecule has 1 rings (SSSR count). The maximum atomic E-state index is 12.1. The number of hydrogen-bond acceptors (Lipinski definition) is 3. The van der Waals surface area contributed by atoms with E-state index in [-0.39, 0.29) is 11.8 Å². The molecule has 0 aliphatic carbocycles. The van der Waals surface area contributed by atoms with Gasteiger partial charge >= 0.3 is 0 Å². The zero-order valence-electron chi connectivity index (χ0n) is 12.4. The number of amides is 2. The largest absolute Gasteiger partial charge is 0.339 e. The van der Waals surface area contributed by atoms with Gasteiger partial charge in [0.1, 0.15) is 0 Å². The van der Waals surface area contributed by atoms with E-state index < -0.39 is 6.04 Å². The molecule has 0 aromatic carbocycles. The van der Waals surface area contributed by atoms with Gasteiger partial charge in [-0.2, -0.15) is 0 Å². The van der Waals surface area contributed by atoms with Gasteiger partial charge in [-0.05, 0) is 18.8 Å². The molecule has 5 nitrogen and oxygen atoms in total. The summed E-state index contributed by atoms with van der Waals surface area (Å²) in [5.74, 6) is 0.642. The summed E-state index contributed by atoms with van der Waals surface area (Å²) in [6.07, 6.45) is 2.19. The van der Waals surface area contributed by atoms with Crippen molar-refractivity contribution in [3.63, 3.8) is 0 Å². The van der Waals surface area contributed by atoms with Crippen molar-refractivity contribution in [3.05, 3.63) is 0 Å². The average Bonchev–Trinajstić information content (AvgIpc) is 2.37. The molecule has 0 aromatic heterocycles. The summed E-state index contributed by atoms with van der Waals surface area (Å²) < 4.78 is 0. The number of nitrogens with zero attached hydrogens (tertiary/aromatic N) is 2. The molecule has 1 saturated heterocycles. The summed E-state index contributed by atoms with van der Waals surface area (Å²) in [6, 6.07) is -0.405. The second-order valence-electron chi connectivity index (χ2n) is 5.69.